The van der Waals surface area contributed by atoms with Crippen LogP contribution in [0, 0.1) is 0 Å². The van der Waals surface area contributed by atoms with Gasteiger partial charge in [0.25, 0.3) is 0 Å². The van der Waals surface area contributed by atoms with Gasteiger partial charge in [-0.3, -0.25) is 9.69 Å². The van der Waals surface area contributed by atoms with Crippen molar-refractivity contribution in [2.45, 2.75) is 31.8 Å². The molecule has 2 saturated heterocycles. The zero-order valence-corrected chi connectivity index (χ0v) is 17.7. The third kappa shape index (κ3) is 5.61. The van der Waals surface area contributed by atoms with Gasteiger partial charge in [-0.1, -0.05) is 48.5 Å². The summed E-state index contributed by atoms with van der Waals surface area (Å²) in [6, 6.07) is 18.2. The highest BCUT2D eigenvalue weighted by molar-refractivity contribution is 5.76. The summed E-state index contributed by atoms with van der Waals surface area (Å²) in [6.07, 6.45) is 4.16. The number of hydrogen-bond donors (Lipinski definition) is 0. The van der Waals surface area contributed by atoms with E-state index < -0.39 is 0 Å². The second kappa shape index (κ2) is 10.6. The van der Waals surface area contributed by atoms with Gasteiger partial charge in [-0.2, -0.15) is 0 Å². The van der Waals surface area contributed by atoms with Gasteiger partial charge in [0.2, 0.25) is 5.91 Å². The Kier molecular flexibility index (Phi) is 7.38. The molecule has 0 radical (unpaired) electrons. The molecule has 4 rings (SSSR count). The summed E-state index contributed by atoms with van der Waals surface area (Å²) >= 11 is 0. The number of amides is 1. The zero-order chi connectivity index (χ0) is 20.6. The number of rotatable bonds is 7. The van der Waals surface area contributed by atoms with Crippen molar-refractivity contribution >= 4 is 5.91 Å². The predicted octanol–water partition coefficient (Wildman–Crippen LogP) is 3.84. The van der Waals surface area contributed by atoms with E-state index in [4.69, 9.17) is 9.47 Å². The van der Waals surface area contributed by atoms with Crippen LogP contribution < -0.4 is 4.74 Å². The normalized spacial score (nSPS) is 20.1. The molecule has 2 fully saturated rings. The van der Waals surface area contributed by atoms with Crippen molar-refractivity contribution in [3.05, 3.63) is 54.6 Å². The minimum Gasteiger partial charge on any atom is -0.492 e. The maximum absolute atomic E-state index is 12.7. The number of para-hydroxylation sites is 1. The average molecular weight is 409 g/mol. The Morgan fingerprint density at radius 1 is 0.967 bits per heavy atom. The van der Waals surface area contributed by atoms with Gasteiger partial charge in [-0.05, 0) is 37.4 Å². The van der Waals surface area contributed by atoms with Crippen molar-refractivity contribution < 1.29 is 14.3 Å². The standard InChI is InChI=1S/C25H32N2O3/c28-25(27-15-7-14-26(16-17-27)20-22-10-6-18-29-22)13-19-30-24-12-5-4-11-23(24)21-8-2-1-3-9-21/h1-5,8-9,11-12,22H,6-7,10,13-20H2/t22-/m0/s1. The molecule has 0 N–H and O–H groups in total. The van der Waals surface area contributed by atoms with E-state index in [1.54, 1.807) is 0 Å². The molecule has 2 aliphatic heterocycles. The van der Waals surface area contributed by atoms with E-state index in [-0.39, 0.29) is 5.91 Å². The van der Waals surface area contributed by atoms with Gasteiger partial charge in [0, 0.05) is 38.3 Å². The Labute approximate surface area is 179 Å². The van der Waals surface area contributed by atoms with E-state index in [0.29, 0.717) is 19.1 Å². The van der Waals surface area contributed by atoms with Gasteiger partial charge in [-0.15, -0.1) is 0 Å². The summed E-state index contributed by atoms with van der Waals surface area (Å²) in [4.78, 5) is 17.2. The van der Waals surface area contributed by atoms with Crippen molar-refractivity contribution in [1.82, 2.24) is 9.80 Å². The number of carbonyl (C=O) groups excluding carboxylic acids is 1. The smallest absolute Gasteiger partial charge is 0.226 e. The first-order valence-electron chi connectivity index (χ1n) is 11.2. The highest BCUT2D eigenvalue weighted by atomic mass is 16.5. The molecule has 2 aromatic rings. The van der Waals surface area contributed by atoms with Crippen LogP contribution in [-0.4, -0.2) is 67.7 Å². The monoisotopic (exact) mass is 408 g/mol. The third-order valence-electron chi connectivity index (χ3n) is 5.97. The van der Waals surface area contributed by atoms with Crippen molar-refractivity contribution in [2.24, 2.45) is 0 Å². The van der Waals surface area contributed by atoms with E-state index in [0.717, 1.165) is 62.6 Å². The minimum atomic E-state index is 0.186. The van der Waals surface area contributed by atoms with Gasteiger partial charge in [0.15, 0.2) is 0 Å². The van der Waals surface area contributed by atoms with Crippen molar-refractivity contribution in [2.75, 3.05) is 45.9 Å². The van der Waals surface area contributed by atoms with E-state index in [9.17, 15) is 4.79 Å². The molecule has 0 bridgehead atoms. The third-order valence-corrected chi connectivity index (χ3v) is 5.97. The predicted molar refractivity (Wildman–Crippen MR) is 119 cm³/mol. The van der Waals surface area contributed by atoms with Crippen LogP contribution in [0.5, 0.6) is 5.75 Å². The molecular formula is C25H32N2O3. The van der Waals surface area contributed by atoms with Crippen LogP contribution in [0.4, 0.5) is 0 Å². The van der Waals surface area contributed by atoms with Crippen LogP contribution in [0.15, 0.2) is 54.6 Å². The molecule has 160 valence electrons. The molecule has 2 heterocycles. The first kappa shape index (κ1) is 20.9. The summed E-state index contributed by atoms with van der Waals surface area (Å²) < 4.78 is 11.8. The first-order chi connectivity index (χ1) is 14.8. The lowest BCUT2D eigenvalue weighted by atomic mass is 10.1. The number of nitrogens with zero attached hydrogens (tertiary/aromatic N) is 2. The Balaban J connectivity index is 1.25. The molecule has 0 aromatic heterocycles. The summed E-state index contributed by atoms with van der Waals surface area (Å²) in [5.41, 5.74) is 2.18. The van der Waals surface area contributed by atoms with Gasteiger partial charge in [0.05, 0.1) is 19.1 Å². The Hall–Kier alpha value is -2.37. The lowest BCUT2D eigenvalue weighted by Crippen LogP contribution is -2.37. The number of ether oxygens (including phenoxy) is 2. The van der Waals surface area contributed by atoms with Crippen LogP contribution in [0.3, 0.4) is 0 Å². The van der Waals surface area contributed by atoms with Gasteiger partial charge in [-0.25, -0.2) is 0 Å². The fraction of sp³-hybridized carbons (Fsp3) is 0.480. The highest BCUT2D eigenvalue weighted by Gasteiger charge is 2.23. The molecular weight excluding hydrogens is 376 g/mol. The first-order valence-corrected chi connectivity index (χ1v) is 11.2. The van der Waals surface area contributed by atoms with E-state index >= 15 is 0 Å². The molecule has 2 aliphatic rings. The number of carbonyl (C=O) groups is 1. The minimum absolute atomic E-state index is 0.186. The van der Waals surface area contributed by atoms with Crippen LogP contribution in [-0.2, 0) is 9.53 Å². The van der Waals surface area contributed by atoms with Gasteiger partial charge < -0.3 is 14.4 Å². The van der Waals surface area contributed by atoms with Crippen LogP contribution in [0.2, 0.25) is 0 Å². The van der Waals surface area contributed by atoms with Crippen molar-refractivity contribution in [3.63, 3.8) is 0 Å². The molecule has 5 heteroatoms. The maximum Gasteiger partial charge on any atom is 0.226 e. The molecule has 1 amide bonds. The molecule has 5 nitrogen and oxygen atoms in total. The quantitative estimate of drug-likeness (QED) is 0.698. The second-order valence-electron chi connectivity index (χ2n) is 8.13. The average Bonchev–Trinajstić information content (AvgIpc) is 3.18. The Bertz CT molecular complexity index is 805. The Morgan fingerprint density at radius 3 is 2.63 bits per heavy atom. The fourth-order valence-corrected chi connectivity index (χ4v) is 4.33. The van der Waals surface area contributed by atoms with E-state index in [1.165, 1.54) is 12.8 Å². The van der Waals surface area contributed by atoms with E-state index in [1.807, 2.05) is 41.3 Å². The molecule has 0 saturated carbocycles. The Morgan fingerprint density at radius 2 is 1.80 bits per heavy atom. The highest BCUT2D eigenvalue weighted by Crippen LogP contribution is 2.29. The van der Waals surface area contributed by atoms with Crippen LogP contribution >= 0.6 is 0 Å². The summed E-state index contributed by atoms with van der Waals surface area (Å²) in [5.74, 6) is 1.02. The number of hydrogen-bond acceptors (Lipinski definition) is 4. The SMILES string of the molecule is O=C(CCOc1ccccc1-c1ccccc1)N1CCCN(C[C@@H]2CCCO2)CC1. The largest absolute Gasteiger partial charge is 0.492 e. The summed E-state index contributed by atoms with van der Waals surface area (Å²) in [7, 11) is 0. The summed E-state index contributed by atoms with van der Waals surface area (Å²) in [5, 5.41) is 0. The summed E-state index contributed by atoms with van der Waals surface area (Å²) in [6.45, 7) is 5.91. The molecule has 1 atom stereocenters. The van der Waals surface area contributed by atoms with Crippen molar-refractivity contribution in [3.8, 4) is 16.9 Å². The fourth-order valence-electron chi connectivity index (χ4n) is 4.33. The molecule has 0 unspecified atom stereocenters. The molecule has 30 heavy (non-hydrogen) atoms. The van der Waals surface area contributed by atoms with Crippen molar-refractivity contribution in [1.29, 1.82) is 0 Å². The lowest BCUT2D eigenvalue weighted by Gasteiger charge is -2.24. The number of benzene rings is 2. The zero-order valence-electron chi connectivity index (χ0n) is 17.7. The molecule has 2 aromatic carbocycles. The van der Waals surface area contributed by atoms with Gasteiger partial charge >= 0.3 is 0 Å². The van der Waals surface area contributed by atoms with Gasteiger partial charge in [0.1, 0.15) is 5.75 Å². The molecule has 0 spiro atoms. The maximum atomic E-state index is 12.7. The van der Waals surface area contributed by atoms with Crippen LogP contribution in [0.25, 0.3) is 11.1 Å². The topological polar surface area (TPSA) is 42.0 Å². The lowest BCUT2D eigenvalue weighted by molar-refractivity contribution is -0.131. The van der Waals surface area contributed by atoms with E-state index in [2.05, 4.69) is 23.1 Å². The molecule has 0 aliphatic carbocycles. The second-order valence-corrected chi connectivity index (χ2v) is 8.13. The van der Waals surface area contributed by atoms with Crippen LogP contribution in [0.1, 0.15) is 25.7 Å².